The molecule has 0 fully saturated rings. The molecule has 1 aromatic rings. The van der Waals surface area contributed by atoms with Crippen LogP contribution in [0, 0.1) is 0 Å². The van der Waals surface area contributed by atoms with Crippen LogP contribution in [0.15, 0.2) is 59.5 Å². The highest BCUT2D eigenvalue weighted by Crippen LogP contribution is 2.19. The van der Waals surface area contributed by atoms with Gasteiger partial charge >= 0.3 is 0 Å². The van der Waals surface area contributed by atoms with Crippen LogP contribution in [-0.4, -0.2) is 26.5 Å². The summed E-state index contributed by atoms with van der Waals surface area (Å²) in [6.07, 6.45) is 8.57. The molecule has 1 aromatic carbocycles. The normalized spacial score (nSPS) is 17.7. The number of rotatable bonds is 7. The predicted molar refractivity (Wildman–Crippen MR) is 93.3 cm³/mol. The van der Waals surface area contributed by atoms with Gasteiger partial charge in [-0.1, -0.05) is 31.2 Å². The van der Waals surface area contributed by atoms with Crippen molar-refractivity contribution >= 4 is 6.29 Å². The summed E-state index contributed by atoms with van der Waals surface area (Å²) in [6.45, 7) is 2.09. The van der Waals surface area contributed by atoms with Crippen LogP contribution in [0.2, 0.25) is 0 Å². The average molecular weight is 312 g/mol. The number of allylic oxidation sites excluding steroid dienone is 3. The van der Waals surface area contributed by atoms with Crippen LogP contribution in [0.5, 0.6) is 5.75 Å². The topological polar surface area (TPSA) is 50.4 Å². The maximum absolute atomic E-state index is 11.3. The van der Waals surface area contributed by atoms with E-state index in [2.05, 4.69) is 29.7 Å². The summed E-state index contributed by atoms with van der Waals surface area (Å²) in [7, 11) is 3.55. The lowest BCUT2D eigenvalue weighted by Crippen LogP contribution is -2.34. The van der Waals surface area contributed by atoms with E-state index in [1.165, 1.54) is 0 Å². The summed E-state index contributed by atoms with van der Waals surface area (Å²) in [5, 5.41) is 6.68. The lowest BCUT2D eigenvalue weighted by molar-refractivity contribution is -0.104. The number of carbonyl (C=O) groups excluding carboxylic acids is 1. The van der Waals surface area contributed by atoms with Crippen molar-refractivity contribution in [2.45, 2.75) is 25.8 Å². The minimum absolute atomic E-state index is 0.0657. The largest absolute Gasteiger partial charge is 0.497 e. The fraction of sp³-hybridized carbons (Fsp3) is 0.316. The highest BCUT2D eigenvalue weighted by Gasteiger charge is 2.17. The van der Waals surface area contributed by atoms with Crippen molar-refractivity contribution in [2.24, 2.45) is 0 Å². The van der Waals surface area contributed by atoms with Crippen LogP contribution in [-0.2, 0) is 11.2 Å². The third kappa shape index (κ3) is 4.49. The first kappa shape index (κ1) is 16.9. The molecule has 2 rings (SSSR count). The van der Waals surface area contributed by atoms with Crippen molar-refractivity contribution in [1.82, 2.24) is 10.6 Å². The zero-order valence-electron chi connectivity index (χ0n) is 13.9. The molecule has 0 amide bonds. The van der Waals surface area contributed by atoms with Gasteiger partial charge in [0, 0.05) is 18.7 Å². The van der Waals surface area contributed by atoms with Crippen LogP contribution in [0.4, 0.5) is 0 Å². The molecule has 0 bridgehead atoms. The molecule has 1 heterocycles. The van der Waals surface area contributed by atoms with E-state index in [0.717, 1.165) is 41.8 Å². The Morgan fingerprint density at radius 1 is 1.43 bits per heavy atom. The summed E-state index contributed by atoms with van der Waals surface area (Å²) >= 11 is 0. The molecule has 1 aliphatic heterocycles. The number of likely N-dealkylation sites (N-methyl/N-ethyl adjacent to an activating group) is 1. The van der Waals surface area contributed by atoms with Gasteiger partial charge in [0.05, 0.1) is 18.5 Å². The quantitative estimate of drug-likeness (QED) is 0.760. The minimum atomic E-state index is 0.0657. The van der Waals surface area contributed by atoms with E-state index in [1.807, 2.05) is 37.4 Å². The third-order valence-electron chi connectivity index (χ3n) is 3.74. The summed E-state index contributed by atoms with van der Waals surface area (Å²) in [6, 6.07) is 8.07. The SMILES string of the molecule is CC/C=C(\NC)C1=CC(C=O)=CC(Cc2cccc(OC)c2)N1. The van der Waals surface area contributed by atoms with Gasteiger partial charge < -0.3 is 15.4 Å². The Kier molecular flexibility index (Phi) is 6.03. The number of hydrogen-bond acceptors (Lipinski definition) is 4. The van der Waals surface area contributed by atoms with E-state index < -0.39 is 0 Å². The van der Waals surface area contributed by atoms with E-state index in [9.17, 15) is 4.79 Å². The van der Waals surface area contributed by atoms with Gasteiger partial charge in [0.25, 0.3) is 0 Å². The molecule has 2 N–H and O–H groups in total. The molecule has 4 nitrogen and oxygen atoms in total. The number of dihydropyridines is 1. The van der Waals surface area contributed by atoms with Gasteiger partial charge in [0.15, 0.2) is 0 Å². The van der Waals surface area contributed by atoms with Gasteiger partial charge in [0.2, 0.25) is 0 Å². The first-order valence-corrected chi connectivity index (χ1v) is 7.86. The standard InChI is InChI=1S/C19H24N2O2/c1-4-6-18(20-2)19-12-15(13-22)10-16(21-19)9-14-7-5-8-17(11-14)23-3/h5-8,10-13,16,20-21H,4,9H2,1-3H3/b18-6-. The van der Waals surface area contributed by atoms with Crippen molar-refractivity contribution in [3.8, 4) is 5.75 Å². The fourth-order valence-corrected chi connectivity index (χ4v) is 2.67. The van der Waals surface area contributed by atoms with Crippen LogP contribution in [0.3, 0.4) is 0 Å². The number of ether oxygens (including phenoxy) is 1. The van der Waals surface area contributed by atoms with Crippen molar-refractivity contribution < 1.29 is 9.53 Å². The lowest BCUT2D eigenvalue weighted by atomic mass is 9.99. The third-order valence-corrected chi connectivity index (χ3v) is 3.74. The van der Waals surface area contributed by atoms with Crippen molar-refractivity contribution in [2.75, 3.05) is 14.2 Å². The predicted octanol–water partition coefficient (Wildman–Crippen LogP) is 2.73. The molecule has 0 spiro atoms. The number of carbonyl (C=O) groups is 1. The molecule has 1 atom stereocenters. The molecule has 0 saturated heterocycles. The van der Waals surface area contributed by atoms with Crippen LogP contribution in [0.25, 0.3) is 0 Å². The summed E-state index contributed by atoms with van der Waals surface area (Å²) < 4.78 is 5.27. The van der Waals surface area contributed by atoms with E-state index in [4.69, 9.17) is 4.74 Å². The second-order valence-corrected chi connectivity index (χ2v) is 5.43. The van der Waals surface area contributed by atoms with E-state index in [0.29, 0.717) is 5.57 Å². The first-order valence-electron chi connectivity index (χ1n) is 7.86. The molecule has 0 aromatic heterocycles. The van der Waals surface area contributed by atoms with Crippen LogP contribution < -0.4 is 15.4 Å². The molecule has 0 aliphatic carbocycles. The van der Waals surface area contributed by atoms with Gasteiger partial charge in [-0.15, -0.1) is 0 Å². The minimum Gasteiger partial charge on any atom is -0.497 e. The molecule has 23 heavy (non-hydrogen) atoms. The molecular formula is C19H24N2O2. The Bertz CT molecular complexity index is 645. The molecule has 1 unspecified atom stereocenters. The van der Waals surface area contributed by atoms with Gasteiger partial charge in [-0.2, -0.15) is 0 Å². The monoisotopic (exact) mass is 312 g/mol. The van der Waals surface area contributed by atoms with E-state index in [1.54, 1.807) is 7.11 Å². The molecule has 4 heteroatoms. The Labute approximate surface area is 137 Å². The number of nitrogens with one attached hydrogen (secondary N) is 2. The smallest absolute Gasteiger partial charge is 0.149 e. The Morgan fingerprint density at radius 2 is 2.26 bits per heavy atom. The molecular weight excluding hydrogens is 288 g/mol. The summed E-state index contributed by atoms with van der Waals surface area (Å²) in [5.74, 6) is 0.843. The number of aldehydes is 1. The highest BCUT2D eigenvalue weighted by atomic mass is 16.5. The second-order valence-electron chi connectivity index (χ2n) is 5.43. The lowest BCUT2D eigenvalue weighted by Gasteiger charge is -2.25. The fourth-order valence-electron chi connectivity index (χ4n) is 2.67. The van der Waals surface area contributed by atoms with E-state index in [-0.39, 0.29) is 6.04 Å². The van der Waals surface area contributed by atoms with E-state index >= 15 is 0 Å². The number of benzene rings is 1. The first-order chi connectivity index (χ1) is 11.2. The Morgan fingerprint density at radius 3 is 2.91 bits per heavy atom. The number of methoxy groups -OCH3 is 1. The van der Waals surface area contributed by atoms with Crippen LogP contribution in [0.1, 0.15) is 18.9 Å². The zero-order valence-corrected chi connectivity index (χ0v) is 13.9. The second kappa shape index (κ2) is 8.22. The zero-order chi connectivity index (χ0) is 16.7. The summed E-state index contributed by atoms with van der Waals surface area (Å²) in [4.78, 5) is 11.3. The van der Waals surface area contributed by atoms with Gasteiger partial charge in [-0.3, -0.25) is 4.79 Å². The average Bonchev–Trinajstić information content (AvgIpc) is 2.59. The molecule has 122 valence electrons. The van der Waals surface area contributed by atoms with Crippen molar-refractivity contribution in [1.29, 1.82) is 0 Å². The van der Waals surface area contributed by atoms with Crippen molar-refractivity contribution in [3.05, 3.63) is 65.0 Å². The molecule has 1 aliphatic rings. The maximum Gasteiger partial charge on any atom is 0.149 e. The molecule has 0 radical (unpaired) electrons. The molecule has 0 saturated carbocycles. The Hall–Kier alpha value is -2.49. The van der Waals surface area contributed by atoms with Gasteiger partial charge in [0.1, 0.15) is 12.0 Å². The Balaban J connectivity index is 2.20. The summed E-state index contributed by atoms with van der Waals surface area (Å²) in [5.41, 5.74) is 3.82. The maximum atomic E-state index is 11.3. The van der Waals surface area contributed by atoms with Crippen LogP contribution >= 0.6 is 0 Å². The van der Waals surface area contributed by atoms with Gasteiger partial charge in [-0.05, 0) is 36.6 Å². The number of hydrogen-bond donors (Lipinski definition) is 2. The highest BCUT2D eigenvalue weighted by molar-refractivity contribution is 5.79. The van der Waals surface area contributed by atoms with Gasteiger partial charge in [-0.25, -0.2) is 0 Å². The van der Waals surface area contributed by atoms with Crippen molar-refractivity contribution in [3.63, 3.8) is 0 Å².